The minimum Gasteiger partial charge on any atom is -0.462 e. The first-order valence-corrected chi connectivity index (χ1v) is 9.30. The number of ether oxygens (including phenoxy) is 3. The van der Waals surface area contributed by atoms with Crippen molar-refractivity contribution in [2.24, 2.45) is 17.8 Å². The van der Waals surface area contributed by atoms with E-state index in [0.29, 0.717) is 11.8 Å². The van der Waals surface area contributed by atoms with Gasteiger partial charge in [-0.2, -0.15) is 0 Å². The maximum atomic E-state index is 11.5. The third-order valence-corrected chi connectivity index (χ3v) is 6.68. The maximum Gasteiger partial charge on any atom is 0.320 e. The Balaban J connectivity index is 1.68. The fourth-order valence-corrected chi connectivity index (χ4v) is 5.28. The predicted octanol–water partition coefficient (Wildman–Crippen LogP) is 2.77. The molecule has 5 fully saturated rings. The van der Waals surface area contributed by atoms with Crippen LogP contribution in [0.3, 0.4) is 0 Å². The summed E-state index contributed by atoms with van der Waals surface area (Å²) in [6.45, 7) is 6.27. The molecule has 1 spiro atoms. The number of hydrogen-bond acceptors (Lipinski definition) is 6. The Morgan fingerprint density at radius 3 is 2.75 bits per heavy atom. The van der Waals surface area contributed by atoms with Crippen LogP contribution in [0.15, 0.2) is 0 Å². The van der Waals surface area contributed by atoms with Crippen LogP contribution in [0.5, 0.6) is 0 Å². The zero-order chi connectivity index (χ0) is 17.2. The van der Waals surface area contributed by atoms with E-state index in [0.717, 1.165) is 25.7 Å². The van der Waals surface area contributed by atoms with Crippen LogP contribution in [-0.4, -0.2) is 41.7 Å². The topological polar surface area (TPSA) is 63.2 Å². The van der Waals surface area contributed by atoms with Gasteiger partial charge in [0, 0.05) is 12.3 Å². The van der Waals surface area contributed by atoms with Gasteiger partial charge in [-0.3, -0.25) is 4.79 Å². The van der Waals surface area contributed by atoms with Crippen molar-refractivity contribution in [2.45, 2.75) is 69.7 Å². The zero-order valence-electron chi connectivity index (χ0n) is 14.4. The standard InChI is InChI=1S/C17H25ClO6/c1-10-4-5-12-15(2,9-20-13(19)8-18)21-14-17(12)11(10)6-7-16(3,22-14)23-24-17/h10-12,14H,4-9H2,1-3H3/t10-,11+,12?,14-,15-,16-,17-/m1/s1. The molecule has 2 bridgehead atoms. The number of esters is 1. The first-order valence-electron chi connectivity index (χ1n) is 8.77. The lowest BCUT2D eigenvalue weighted by atomic mass is 9.60. The van der Waals surface area contributed by atoms with E-state index in [9.17, 15) is 4.79 Å². The molecule has 5 aliphatic rings. The van der Waals surface area contributed by atoms with E-state index in [4.69, 9.17) is 35.6 Å². The normalized spacial score (nSPS) is 52.7. The molecule has 7 heteroatoms. The number of hydrogen-bond donors (Lipinski definition) is 0. The van der Waals surface area contributed by atoms with E-state index in [1.54, 1.807) is 0 Å². The minimum atomic E-state index is -0.782. The highest BCUT2D eigenvalue weighted by Gasteiger charge is 2.74. The first kappa shape index (κ1) is 17.0. The molecule has 4 aliphatic heterocycles. The lowest BCUT2D eigenvalue weighted by Gasteiger charge is -2.50. The molecule has 1 unspecified atom stereocenters. The molecule has 5 rings (SSSR count). The highest BCUT2D eigenvalue weighted by Crippen LogP contribution is 2.63. The fraction of sp³-hybridized carbons (Fsp3) is 0.941. The Hall–Kier alpha value is -0.400. The van der Waals surface area contributed by atoms with Crippen LogP contribution in [0.2, 0.25) is 0 Å². The van der Waals surface area contributed by atoms with Crippen molar-refractivity contribution in [3.05, 3.63) is 0 Å². The molecule has 0 aromatic carbocycles. The van der Waals surface area contributed by atoms with E-state index in [-0.39, 0.29) is 18.4 Å². The van der Waals surface area contributed by atoms with E-state index in [1.165, 1.54) is 0 Å². The van der Waals surface area contributed by atoms with Gasteiger partial charge in [0.05, 0.1) is 0 Å². The summed E-state index contributed by atoms with van der Waals surface area (Å²) in [6.07, 6.45) is 3.27. The molecule has 0 aromatic heterocycles. The van der Waals surface area contributed by atoms with Gasteiger partial charge in [0.1, 0.15) is 18.1 Å². The lowest BCUT2D eigenvalue weighted by molar-refractivity contribution is -0.541. The Morgan fingerprint density at radius 1 is 1.21 bits per heavy atom. The van der Waals surface area contributed by atoms with Crippen molar-refractivity contribution >= 4 is 17.6 Å². The highest BCUT2D eigenvalue weighted by atomic mass is 35.5. The van der Waals surface area contributed by atoms with Crippen LogP contribution >= 0.6 is 11.6 Å². The van der Waals surface area contributed by atoms with Crippen LogP contribution < -0.4 is 0 Å². The third-order valence-electron chi connectivity index (χ3n) is 6.46. The number of halogens is 1. The molecule has 136 valence electrons. The van der Waals surface area contributed by atoms with Gasteiger partial charge in [0.15, 0.2) is 11.9 Å². The summed E-state index contributed by atoms with van der Waals surface area (Å²) in [7, 11) is 0. The van der Waals surface area contributed by atoms with Crippen LogP contribution in [0.1, 0.15) is 46.5 Å². The van der Waals surface area contributed by atoms with Crippen LogP contribution in [0.4, 0.5) is 0 Å². The Labute approximate surface area is 147 Å². The van der Waals surface area contributed by atoms with Gasteiger partial charge in [0.25, 0.3) is 0 Å². The molecular formula is C17H25ClO6. The van der Waals surface area contributed by atoms with Gasteiger partial charge < -0.3 is 14.2 Å². The molecule has 4 saturated heterocycles. The van der Waals surface area contributed by atoms with E-state index >= 15 is 0 Å². The van der Waals surface area contributed by atoms with Crippen molar-refractivity contribution < 1.29 is 28.8 Å². The second kappa shape index (κ2) is 5.55. The van der Waals surface area contributed by atoms with Crippen LogP contribution in [0.25, 0.3) is 0 Å². The van der Waals surface area contributed by atoms with Gasteiger partial charge in [-0.25, -0.2) is 9.78 Å². The second-order valence-corrected chi connectivity index (χ2v) is 8.35. The van der Waals surface area contributed by atoms with Gasteiger partial charge in [0.2, 0.25) is 5.79 Å². The van der Waals surface area contributed by atoms with Crippen molar-refractivity contribution in [1.29, 1.82) is 0 Å². The molecule has 7 atom stereocenters. The molecule has 1 saturated carbocycles. The van der Waals surface area contributed by atoms with E-state index < -0.39 is 29.2 Å². The highest BCUT2D eigenvalue weighted by molar-refractivity contribution is 6.26. The number of carbonyl (C=O) groups is 1. The maximum absolute atomic E-state index is 11.5. The van der Waals surface area contributed by atoms with Gasteiger partial charge in [-0.05, 0) is 44.9 Å². The molecule has 0 aromatic rings. The molecule has 0 N–H and O–H groups in total. The number of carbonyl (C=O) groups excluding carboxylic acids is 1. The molecule has 1 aliphatic carbocycles. The Morgan fingerprint density at radius 2 is 2.00 bits per heavy atom. The molecular weight excluding hydrogens is 336 g/mol. The van der Waals surface area contributed by atoms with Gasteiger partial charge in [-0.15, -0.1) is 11.6 Å². The minimum absolute atomic E-state index is 0.0435. The average Bonchev–Trinajstić information content (AvgIpc) is 2.64. The second-order valence-electron chi connectivity index (χ2n) is 8.08. The average molecular weight is 361 g/mol. The van der Waals surface area contributed by atoms with Crippen LogP contribution in [0, 0.1) is 17.8 Å². The summed E-state index contributed by atoms with van der Waals surface area (Å²) in [6, 6.07) is 0. The summed E-state index contributed by atoms with van der Waals surface area (Å²) in [4.78, 5) is 23.3. The first-order chi connectivity index (χ1) is 11.3. The van der Waals surface area contributed by atoms with Crippen molar-refractivity contribution in [2.75, 3.05) is 12.5 Å². The predicted molar refractivity (Wildman–Crippen MR) is 84.0 cm³/mol. The number of fused-ring (bicyclic) bond motifs is 2. The van der Waals surface area contributed by atoms with Crippen LogP contribution in [-0.2, 0) is 28.8 Å². The van der Waals surface area contributed by atoms with Gasteiger partial charge in [-0.1, -0.05) is 6.92 Å². The summed E-state index contributed by atoms with van der Waals surface area (Å²) in [5.74, 6) is -0.536. The zero-order valence-corrected chi connectivity index (χ0v) is 15.1. The smallest absolute Gasteiger partial charge is 0.320 e. The molecule has 0 radical (unpaired) electrons. The summed E-state index contributed by atoms with van der Waals surface area (Å²) >= 11 is 5.54. The third kappa shape index (κ3) is 2.27. The molecule has 0 amide bonds. The van der Waals surface area contributed by atoms with Crippen molar-refractivity contribution in [1.82, 2.24) is 0 Å². The monoisotopic (exact) mass is 360 g/mol. The van der Waals surface area contributed by atoms with E-state index in [1.807, 2.05) is 13.8 Å². The largest absolute Gasteiger partial charge is 0.462 e. The summed E-state index contributed by atoms with van der Waals surface area (Å²) in [5, 5.41) is 0. The Bertz CT molecular complexity index is 543. The van der Waals surface area contributed by atoms with Gasteiger partial charge >= 0.3 is 5.97 Å². The Kier molecular flexibility index (Phi) is 3.94. The molecule has 24 heavy (non-hydrogen) atoms. The van der Waals surface area contributed by atoms with Crippen molar-refractivity contribution in [3.63, 3.8) is 0 Å². The molecule has 4 heterocycles. The fourth-order valence-electron chi connectivity index (χ4n) is 5.21. The molecule has 6 nitrogen and oxygen atoms in total. The lowest BCUT2D eigenvalue weighted by Crippen LogP contribution is -2.62. The SMILES string of the molecule is C[C@@H]1CCC2[C@]34OO[C@](C)(CC[C@@H]13)O[C@H]4O[C@]2(C)COC(=O)CCl. The summed E-state index contributed by atoms with van der Waals surface area (Å²) < 4.78 is 17.8. The van der Waals surface area contributed by atoms with Crippen molar-refractivity contribution in [3.8, 4) is 0 Å². The number of alkyl halides is 1. The summed E-state index contributed by atoms with van der Waals surface area (Å²) in [5.41, 5.74) is -1.30. The number of rotatable bonds is 3. The quantitative estimate of drug-likeness (QED) is 0.438. The van der Waals surface area contributed by atoms with E-state index in [2.05, 4.69) is 6.92 Å².